The van der Waals surface area contributed by atoms with E-state index >= 15 is 0 Å². The van der Waals surface area contributed by atoms with Crippen LogP contribution in [0.4, 0.5) is 5.69 Å². The van der Waals surface area contributed by atoms with Crippen molar-refractivity contribution in [3.63, 3.8) is 0 Å². The van der Waals surface area contributed by atoms with Crippen molar-refractivity contribution in [2.45, 2.75) is 30.7 Å². The van der Waals surface area contributed by atoms with Gasteiger partial charge in [0.05, 0.1) is 17.7 Å². The highest BCUT2D eigenvalue weighted by atomic mass is 32.2. The number of benzene rings is 1. The van der Waals surface area contributed by atoms with Gasteiger partial charge in [-0.2, -0.15) is 5.26 Å². The number of nitriles is 1. The molecule has 0 radical (unpaired) electrons. The zero-order chi connectivity index (χ0) is 13.8. The first-order valence-corrected chi connectivity index (χ1v) is 6.69. The largest absolute Gasteiger partial charge is 0.481 e. The van der Waals surface area contributed by atoms with E-state index in [0.717, 1.165) is 4.90 Å². The minimum absolute atomic E-state index is 0.0125. The van der Waals surface area contributed by atoms with Gasteiger partial charge < -0.3 is 10.4 Å². The van der Waals surface area contributed by atoms with Crippen LogP contribution in [0.2, 0.25) is 0 Å². The van der Waals surface area contributed by atoms with Crippen LogP contribution in [-0.4, -0.2) is 22.9 Å². The summed E-state index contributed by atoms with van der Waals surface area (Å²) in [5.41, 5.74) is 0.633. The molecule has 0 atom stereocenters. The zero-order valence-electron chi connectivity index (χ0n) is 10.7. The summed E-state index contributed by atoms with van der Waals surface area (Å²) in [5.74, 6) is -0.868. The number of thioether (sulfide) groups is 1. The zero-order valence-corrected chi connectivity index (χ0v) is 11.5. The second-order valence-corrected chi connectivity index (χ2v) is 5.42. The maximum atomic E-state index is 10.8. The lowest BCUT2D eigenvalue weighted by Gasteiger charge is -2.26. The van der Waals surface area contributed by atoms with E-state index in [-0.39, 0.29) is 6.42 Å². The van der Waals surface area contributed by atoms with E-state index < -0.39 is 11.5 Å². The number of rotatable bonds is 5. The van der Waals surface area contributed by atoms with Gasteiger partial charge in [-0.15, -0.1) is 11.8 Å². The first-order chi connectivity index (χ1) is 8.39. The molecule has 0 saturated carbocycles. The van der Waals surface area contributed by atoms with Crippen LogP contribution < -0.4 is 5.32 Å². The van der Waals surface area contributed by atoms with Crippen LogP contribution >= 0.6 is 11.8 Å². The van der Waals surface area contributed by atoms with Gasteiger partial charge in [0.15, 0.2) is 0 Å². The number of carboxylic acids is 1. The van der Waals surface area contributed by atoms with E-state index in [1.54, 1.807) is 19.9 Å². The third-order valence-electron chi connectivity index (χ3n) is 2.42. The molecule has 2 N–H and O–H groups in total. The molecular weight excluding hydrogens is 248 g/mol. The summed E-state index contributed by atoms with van der Waals surface area (Å²) < 4.78 is 0. The van der Waals surface area contributed by atoms with Crippen molar-refractivity contribution in [3.05, 3.63) is 23.8 Å². The molecule has 0 fully saturated rings. The Bertz CT molecular complexity index is 492. The summed E-state index contributed by atoms with van der Waals surface area (Å²) in [6, 6.07) is 7.68. The number of nitrogens with one attached hydrogen (secondary N) is 1. The van der Waals surface area contributed by atoms with Gasteiger partial charge in [0, 0.05) is 10.4 Å². The third kappa shape index (κ3) is 3.67. The highest BCUT2D eigenvalue weighted by Gasteiger charge is 2.23. The van der Waals surface area contributed by atoms with Gasteiger partial charge in [0.1, 0.15) is 6.07 Å². The van der Waals surface area contributed by atoms with Crippen LogP contribution in [0.5, 0.6) is 0 Å². The molecule has 0 unspecified atom stereocenters. The lowest BCUT2D eigenvalue weighted by atomic mass is 9.99. The summed E-state index contributed by atoms with van der Waals surface area (Å²) in [5, 5.41) is 21.2. The summed E-state index contributed by atoms with van der Waals surface area (Å²) in [4.78, 5) is 11.7. The van der Waals surface area contributed by atoms with Crippen molar-refractivity contribution in [3.8, 4) is 6.07 Å². The van der Waals surface area contributed by atoms with Crippen molar-refractivity contribution in [1.29, 1.82) is 5.26 Å². The topological polar surface area (TPSA) is 73.1 Å². The number of anilines is 1. The Kier molecular flexibility index (Phi) is 4.62. The Labute approximate surface area is 111 Å². The summed E-state index contributed by atoms with van der Waals surface area (Å²) in [6.07, 6.45) is 1.89. The molecule has 4 nitrogen and oxygen atoms in total. The van der Waals surface area contributed by atoms with Gasteiger partial charge in [-0.25, -0.2) is 0 Å². The number of nitrogens with zero attached hydrogens (tertiary/aromatic N) is 1. The van der Waals surface area contributed by atoms with Crippen molar-refractivity contribution in [2.75, 3.05) is 11.6 Å². The average Bonchev–Trinajstić information content (AvgIpc) is 2.26. The molecule has 0 bridgehead atoms. The number of hydrogen-bond acceptors (Lipinski definition) is 4. The van der Waals surface area contributed by atoms with E-state index in [1.807, 2.05) is 18.4 Å². The lowest BCUT2D eigenvalue weighted by Crippen LogP contribution is -2.34. The first-order valence-electron chi connectivity index (χ1n) is 5.46. The Hall–Kier alpha value is -1.67. The van der Waals surface area contributed by atoms with Gasteiger partial charge in [-0.1, -0.05) is 6.07 Å². The normalized spacial score (nSPS) is 10.8. The predicted molar refractivity (Wildman–Crippen MR) is 72.9 cm³/mol. The van der Waals surface area contributed by atoms with Crippen LogP contribution in [0.3, 0.4) is 0 Å². The van der Waals surface area contributed by atoms with Gasteiger partial charge in [0.25, 0.3) is 0 Å². The predicted octanol–water partition coefficient (Wildman–Crippen LogP) is 2.95. The molecule has 0 aliphatic rings. The number of carboxylic acid groups (broad SMARTS) is 1. The standard InChI is InChI=1S/C13H16N2O2S/c1-13(2,7-12(16)17)15-10-5-4-6-11(18-3)9(10)8-14/h4-6,15H,7H2,1-3H3,(H,16,17). The van der Waals surface area contributed by atoms with Gasteiger partial charge in [-0.3, -0.25) is 4.79 Å². The van der Waals surface area contributed by atoms with Crippen LogP contribution in [0.25, 0.3) is 0 Å². The highest BCUT2D eigenvalue weighted by molar-refractivity contribution is 7.98. The molecule has 0 heterocycles. The summed E-state index contributed by atoms with van der Waals surface area (Å²) >= 11 is 1.50. The minimum Gasteiger partial charge on any atom is -0.481 e. The van der Waals surface area contributed by atoms with E-state index in [4.69, 9.17) is 5.11 Å². The molecule has 1 rings (SSSR count). The van der Waals surface area contributed by atoms with Gasteiger partial charge >= 0.3 is 5.97 Å². The van der Waals surface area contributed by atoms with E-state index in [1.165, 1.54) is 11.8 Å². The quantitative estimate of drug-likeness (QED) is 0.800. The Morgan fingerprint density at radius 2 is 2.22 bits per heavy atom. The van der Waals surface area contributed by atoms with Gasteiger partial charge in [0.2, 0.25) is 0 Å². The second kappa shape index (κ2) is 5.78. The fourth-order valence-electron chi connectivity index (χ4n) is 1.71. The number of carbonyl (C=O) groups is 1. The maximum absolute atomic E-state index is 10.8. The molecule has 1 aromatic carbocycles. The van der Waals surface area contributed by atoms with Crippen molar-refractivity contribution in [2.24, 2.45) is 0 Å². The lowest BCUT2D eigenvalue weighted by molar-refractivity contribution is -0.137. The second-order valence-electron chi connectivity index (χ2n) is 4.57. The van der Waals surface area contributed by atoms with E-state index in [9.17, 15) is 10.1 Å². The molecule has 0 aromatic heterocycles. The number of aliphatic carboxylic acids is 1. The summed E-state index contributed by atoms with van der Waals surface area (Å²) in [7, 11) is 0. The van der Waals surface area contributed by atoms with Crippen LogP contribution in [-0.2, 0) is 4.79 Å². The molecule has 5 heteroatoms. The van der Waals surface area contributed by atoms with E-state index in [2.05, 4.69) is 11.4 Å². The SMILES string of the molecule is CSc1cccc(NC(C)(C)CC(=O)O)c1C#N. The smallest absolute Gasteiger partial charge is 0.305 e. The molecule has 0 saturated heterocycles. The van der Waals surface area contributed by atoms with Crippen molar-refractivity contribution in [1.82, 2.24) is 0 Å². The van der Waals surface area contributed by atoms with Crippen LogP contribution in [0, 0.1) is 11.3 Å². The van der Waals surface area contributed by atoms with Crippen molar-refractivity contribution < 1.29 is 9.90 Å². The Balaban J connectivity index is 3.05. The molecule has 1 aromatic rings. The monoisotopic (exact) mass is 264 g/mol. The first kappa shape index (κ1) is 14.4. The number of hydrogen-bond donors (Lipinski definition) is 2. The molecular formula is C13H16N2O2S. The fourth-order valence-corrected chi connectivity index (χ4v) is 2.28. The fraction of sp³-hybridized carbons (Fsp3) is 0.385. The Morgan fingerprint density at radius 3 is 2.72 bits per heavy atom. The Morgan fingerprint density at radius 1 is 1.56 bits per heavy atom. The van der Waals surface area contributed by atoms with E-state index in [0.29, 0.717) is 11.3 Å². The molecule has 0 aliphatic heterocycles. The maximum Gasteiger partial charge on any atom is 0.305 e. The molecule has 18 heavy (non-hydrogen) atoms. The molecule has 0 spiro atoms. The van der Waals surface area contributed by atoms with Crippen LogP contribution in [0.15, 0.2) is 23.1 Å². The van der Waals surface area contributed by atoms with Crippen LogP contribution in [0.1, 0.15) is 25.8 Å². The average molecular weight is 264 g/mol. The molecule has 0 amide bonds. The minimum atomic E-state index is -0.868. The summed E-state index contributed by atoms with van der Waals surface area (Å²) in [6.45, 7) is 3.60. The van der Waals surface area contributed by atoms with Crippen molar-refractivity contribution >= 4 is 23.4 Å². The third-order valence-corrected chi connectivity index (χ3v) is 3.20. The molecule has 0 aliphatic carbocycles. The van der Waals surface area contributed by atoms with Gasteiger partial charge in [-0.05, 0) is 32.2 Å². The highest BCUT2D eigenvalue weighted by Crippen LogP contribution is 2.28. The molecule has 96 valence electrons.